The molecule has 2 rings (SSSR count). The lowest BCUT2D eigenvalue weighted by molar-refractivity contribution is 1.16. The first-order valence-electron chi connectivity index (χ1n) is 4.73. The summed E-state index contributed by atoms with van der Waals surface area (Å²) in [6, 6.07) is 7.88. The van der Waals surface area contributed by atoms with Gasteiger partial charge in [0.1, 0.15) is 5.15 Å². The van der Waals surface area contributed by atoms with E-state index in [1.165, 1.54) is 5.56 Å². The molecular weight excluding hydrogens is 208 g/mol. The highest BCUT2D eigenvalue weighted by Crippen LogP contribution is 2.21. The van der Waals surface area contributed by atoms with E-state index in [-0.39, 0.29) is 0 Å². The van der Waals surface area contributed by atoms with Gasteiger partial charge in [0.2, 0.25) is 0 Å². The van der Waals surface area contributed by atoms with Gasteiger partial charge < -0.3 is 0 Å². The van der Waals surface area contributed by atoms with Crippen LogP contribution in [0.3, 0.4) is 0 Å². The second kappa shape index (κ2) is 3.99. The molecule has 1 aromatic carbocycles. The van der Waals surface area contributed by atoms with E-state index in [1.807, 2.05) is 13.8 Å². The largest absolute Gasteiger partial charge is 0.236 e. The Labute approximate surface area is 94.0 Å². The highest BCUT2D eigenvalue weighted by Gasteiger charge is 2.05. The minimum atomic E-state index is 0.473. The third kappa shape index (κ3) is 2.16. The van der Waals surface area contributed by atoms with Crippen LogP contribution < -0.4 is 0 Å². The van der Waals surface area contributed by atoms with Gasteiger partial charge in [0.05, 0.1) is 0 Å². The van der Waals surface area contributed by atoms with Gasteiger partial charge in [0.25, 0.3) is 0 Å². The van der Waals surface area contributed by atoms with Gasteiger partial charge in [-0.2, -0.15) is 0 Å². The number of hydrogen-bond acceptors (Lipinski definition) is 2. The highest BCUT2D eigenvalue weighted by atomic mass is 35.5. The Bertz CT molecular complexity index is 495. The van der Waals surface area contributed by atoms with Crippen molar-refractivity contribution in [2.45, 2.75) is 13.8 Å². The Morgan fingerprint density at radius 2 is 1.93 bits per heavy atom. The number of halogens is 1. The lowest BCUT2D eigenvalue weighted by Gasteiger charge is -2.05. The standard InChI is InChI=1S/C12H11ClN2/c1-8-3-4-9(2)10(7-8)12-14-6-5-11(13)15-12/h3-7H,1-2H3. The minimum absolute atomic E-state index is 0.473. The van der Waals surface area contributed by atoms with Crippen molar-refractivity contribution in [1.82, 2.24) is 9.97 Å². The third-order valence-corrected chi connectivity index (χ3v) is 2.47. The van der Waals surface area contributed by atoms with E-state index in [1.54, 1.807) is 12.3 Å². The molecule has 2 aromatic rings. The zero-order valence-corrected chi connectivity index (χ0v) is 9.42. The third-order valence-electron chi connectivity index (χ3n) is 2.26. The van der Waals surface area contributed by atoms with E-state index in [4.69, 9.17) is 11.6 Å². The number of nitrogens with zero attached hydrogens (tertiary/aromatic N) is 2. The van der Waals surface area contributed by atoms with Crippen molar-refractivity contribution in [3.8, 4) is 11.4 Å². The fourth-order valence-electron chi connectivity index (χ4n) is 1.44. The number of hydrogen-bond donors (Lipinski definition) is 0. The smallest absolute Gasteiger partial charge is 0.161 e. The molecule has 1 aromatic heterocycles. The van der Waals surface area contributed by atoms with Crippen LogP contribution in [0.4, 0.5) is 0 Å². The number of aryl methyl sites for hydroxylation is 2. The van der Waals surface area contributed by atoms with Gasteiger partial charge in [-0.25, -0.2) is 9.97 Å². The quantitative estimate of drug-likeness (QED) is 0.686. The molecule has 0 N–H and O–H groups in total. The van der Waals surface area contributed by atoms with E-state index in [2.05, 4.69) is 28.2 Å². The molecule has 1 heterocycles. The number of aromatic nitrogens is 2. The maximum Gasteiger partial charge on any atom is 0.161 e. The van der Waals surface area contributed by atoms with E-state index >= 15 is 0 Å². The van der Waals surface area contributed by atoms with Crippen LogP contribution in [-0.4, -0.2) is 9.97 Å². The summed E-state index contributed by atoms with van der Waals surface area (Å²) in [6.07, 6.45) is 1.67. The molecule has 0 aliphatic carbocycles. The molecule has 0 saturated carbocycles. The molecule has 0 aliphatic rings. The Balaban J connectivity index is 2.58. The number of rotatable bonds is 1. The SMILES string of the molecule is Cc1ccc(C)c(-c2nccc(Cl)n2)c1. The summed E-state index contributed by atoms with van der Waals surface area (Å²) in [5, 5.41) is 0.473. The van der Waals surface area contributed by atoms with Gasteiger partial charge in [0, 0.05) is 11.8 Å². The summed E-state index contributed by atoms with van der Waals surface area (Å²) in [7, 11) is 0. The molecule has 0 atom stereocenters. The van der Waals surface area contributed by atoms with Crippen LogP contribution in [0, 0.1) is 13.8 Å². The first-order valence-corrected chi connectivity index (χ1v) is 5.11. The van der Waals surface area contributed by atoms with Crippen LogP contribution in [0.15, 0.2) is 30.5 Å². The van der Waals surface area contributed by atoms with Crippen LogP contribution in [0.25, 0.3) is 11.4 Å². The molecule has 15 heavy (non-hydrogen) atoms. The molecule has 0 bridgehead atoms. The van der Waals surface area contributed by atoms with Crippen molar-refractivity contribution < 1.29 is 0 Å². The lowest BCUT2D eigenvalue weighted by atomic mass is 10.1. The molecule has 0 amide bonds. The topological polar surface area (TPSA) is 25.8 Å². The fourth-order valence-corrected chi connectivity index (χ4v) is 1.58. The molecule has 3 heteroatoms. The summed E-state index contributed by atoms with van der Waals surface area (Å²) >= 11 is 5.84. The predicted molar refractivity (Wildman–Crippen MR) is 62.0 cm³/mol. The predicted octanol–water partition coefficient (Wildman–Crippen LogP) is 3.41. The molecule has 0 fully saturated rings. The first kappa shape index (κ1) is 10.1. The Morgan fingerprint density at radius 3 is 2.67 bits per heavy atom. The zero-order chi connectivity index (χ0) is 10.8. The zero-order valence-electron chi connectivity index (χ0n) is 8.66. The maximum absolute atomic E-state index is 5.84. The average Bonchev–Trinajstić information content (AvgIpc) is 2.22. The van der Waals surface area contributed by atoms with Crippen molar-refractivity contribution in [3.63, 3.8) is 0 Å². The Hall–Kier alpha value is -1.41. The van der Waals surface area contributed by atoms with Gasteiger partial charge in [-0.3, -0.25) is 0 Å². The van der Waals surface area contributed by atoms with Gasteiger partial charge in [-0.05, 0) is 31.5 Å². The summed E-state index contributed by atoms with van der Waals surface area (Å²) in [5.41, 5.74) is 3.39. The maximum atomic E-state index is 5.84. The fraction of sp³-hybridized carbons (Fsp3) is 0.167. The average molecular weight is 219 g/mol. The van der Waals surface area contributed by atoms with Crippen LogP contribution >= 0.6 is 11.6 Å². The summed E-state index contributed by atoms with van der Waals surface area (Å²) < 4.78 is 0. The monoisotopic (exact) mass is 218 g/mol. The molecule has 0 spiro atoms. The normalized spacial score (nSPS) is 10.3. The van der Waals surface area contributed by atoms with Gasteiger partial charge >= 0.3 is 0 Å². The van der Waals surface area contributed by atoms with Crippen molar-refractivity contribution in [3.05, 3.63) is 46.7 Å². The van der Waals surface area contributed by atoms with E-state index in [9.17, 15) is 0 Å². The highest BCUT2D eigenvalue weighted by molar-refractivity contribution is 6.29. The van der Waals surface area contributed by atoms with Crippen LogP contribution in [0.1, 0.15) is 11.1 Å². The number of benzene rings is 1. The second-order valence-electron chi connectivity index (χ2n) is 3.52. The van der Waals surface area contributed by atoms with Crippen molar-refractivity contribution >= 4 is 11.6 Å². The van der Waals surface area contributed by atoms with Crippen LogP contribution in [-0.2, 0) is 0 Å². The van der Waals surface area contributed by atoms with E-state index in [0.717, 1.165) is 11.1 Å². The van der Waals surface area contributed by atoms with Gasteiger partial charge in [-0.15, -0.1) is 0 Å². The molecule has 0 saturated heterocycles. The van der Waals surface area contributed by atoms with E-state index < -0.39 is 0 Å². The summed E-state index contributed by atoms with van der Waals surface area (Å²) in [5.74, 6) is 0.684. The lowest BCUT2D eigenvalue weighted by Crippen LogP contribution is -1.91. The van der Waals surface area contributed by atoms with Crippen LogP contribution in [0.2, 0.25) is 5.15 Å². The summed E-state index contributed by atoms with van der Waals surface area (Å²) in [6.45, 7) is 4.09. The van der Waals surface area contributed by atoms with Crippen molar-refractivity contribution in [2.75, 3.05) is 0 Å². The Kier molecular flexibility index (Phi) is 2.69. The first-order chi connectivity index (χ1) is 7.16. The van der Waals surface area contributed by atoms with Gasteiger partial charge in [0.15, 0.2) is 5.82 Å². The Morgan fingerprint density at radius 1 is 1.13 bits per heavy atom. The molecule has 0 unspecified atom stereocenters. The van der Waals surface area contributed by atoms with E-state index in [0.29, 0.717) is 11.0 Å². The van der Waals surface area contributed by atoms with Crippen molar-refractivity contribution in [1.29, 1.82) is 0 Å². The van der Waals surface area contributed by atoms with Crippen LogP contribution in [0.5, 0.6) is 0 Å². The molecule has 0 radical (unpaired) electrons. The second-order valence-corrected chi connectivity index (χ2v) is 3.91. The molecule has 76 valence electrons. The molecule has 2 nitrogen and oxygen atoms in total. The summed E-state index contributed by atoms with van der Waals surface area (Å²) in [4.78, 5) is 8.42. The minimum Gasteiger partial charge on any atom is -0.236 e. The van der Waals surface area contributed by atoms with Gasteiger partial charge in [-0.1, -0.05) is 29.3 Å². The molecular formula is C12H11ClN2. The van der Waals surface area contributed by atoms with Crippen molar-refractivity contribution in [2.24, 2.45) is 0 Å². The molecule has 0 aliphatic heterocycles.